The molecule has 1 atom stereocenters. The molecular formula is C39H26F6. The molecule has 0 N–H and O–H groups in total. The zero-order valence-electron chi connectivity index (χ0n) is 23.8. The van der Waals surface area contributed by atoms with Crippen LogP contribution in [0.1, 0.15) is 33.4 Å². The maximum absolute atomic E-state index is 14.7. The molecule has 6 heteroatoms. The SMILES string of the molecule is FC(F)(F)c1ccccc1-c1ccc(C(c2ccccc2)(c2ccc(-c3ccccc3)cc2)c2ccccc2C(F)(F)F)cc1. The van der Waals surface area contributed by atoms with E-state index in [1.807, 2.05) is 54.6 Å². The summed E-state index contributed by atoms with van der Waals surface area (Å²) in [7, 11) is 0. The molecule has 0 radical (unpaired) electrons. The van der Waals surface area contributed by atoms with E-state index in [1.165, 1.54) is 30.3 Å². The summed E-state index contributed by atoms with van der Waals surface area (Å²) in [6.07, 6.45) is -9.25. The van der Waals surface area contributed by atoms with Crippen molar-refractivity contribution >= 4 is 0 Å². The summed E-state index contributed by atoms with van der Waals surface area (Å²) in [5, 5.41) is 0. The van der Waals surface area contributed by atoms with E-state index >= 15 is 0 Å². The molecule has 0 saturated carbocycles. The van der Waals surface area contributed by atoms with Gasteiger partial charge in [0.05, 0.1) is 16.5 Å². The molecule has 0 heterocycles. The quantitative estimate of drug-likeness (QED) is 0.130. The van der Waals surface area contributed by atoms with E-state index in [0.29, 0.717) is 22.3 Å². The fraction of sp³-hybridized carbons (Fsp3) is 0.0769. The Kier molecular flexibility index (Phi) is 7.83. The summed E-state index contributed by atoms with van der Waals surface area (Å²) in [6, 6.07) is 43.1. The first-order chi connectivity index (χ1) is 21.6. The summed E-state index contributed by atoms with van der Waals surface area (Å²) >= 11 is 0. The summed E-state index contributed by atoms with van der Waals surface area (Å²) in [5.41, 5.74) is 0.740. The standard InChI is InChI=1S/C39H26F6/c40-38(41,42)34-16-8-7-15-33(34)29-21-25-32(26-22-29)37(30-13-5-2-6-14-30,35-17-9-10-18-36(35)39(43,44)45)31-23-19-28(20-24-31)27-11-3-1-4-12-27/h1-26H. The van der Waals surface area contributed by atoms with Crippen LogP contribution in [0.3, 0.4) is 0 Å². The Bertz CT molecular complexity index is 1890. The lowest BCUT2D eigenvalue weighted by molar-refractivity contribution is -0.138. The normalized spacial score (nSPS) is 13.3. The fourth-order valence-corrected chi connectivity index (χ4v) is 6.14. The van der Waals surface area contributed by atoms with Crippen LogP contribution in [0.25, 0.3) is 22.3 Å². The fourth-order valence-electron chi connectivity index (χ4n) is 6.14. The van der Waals surface area contributed by atoms with Crippen molar-refractivity contribution in [3.05, 3.63) is 191 Å². The van der Waals surface area contributed by atoms with Crippen molar-refractivity contribution < 1.29 is 26.3 Å². The van der Waals surface area contributed by atoms with E-state index < -0.39 is 28.9 Å². The molecule has 0 saturated heterocycles. The first-order valence-electron chi connectivity index (χ1n) is 14.3. The summed E-state index contributed by atoms with van der Waals surface area (Å²) < 4.78 is 85.9. The molecule has 1 unspecified atom stereocenters. The smallest absolute Gasteiger partial charge is 0.166 e. The minimum atomic E-state index is -4.67. The molecule has 0 nitrogen and oxygen atoms in total. The van der Waals surface area contributed by atoms with Crippen LogP contribution in [0, 0.1) is 0 Å². The predicted octanol–water partition coefficient (Wildman–Crippen LogP) is 11.4. The molecule has 0 aliphatic rings. The second-order valence-electron chi connectivity index (χ2n) is 10.7. The first-order valence-corrected chi connectivity index (χ1v) is 14.3. The van der Waals surface area contributed by atoms with E-state index in [-0.39, 0.29) is 11.1 Å². The van der Waals surface area contributed by atoms with Crippen molar-refractivity contribution in [2.45, 2.75) is 17.8 Å². The molecular weight excluding hydrogens is 582 g/mol. The van der Waals surface area contributed by atoms with Gasteiger partial charge in [-0.3, -0.25) is 0 Å². The molecule has 0 aliphatic carbocycles. The zero-order chi connectivity index (χ0) is 31.7. The Labute approximate surface area is 257 Å². The third-order valence-electron chi connectivity index (χ3n) is 8.13. The number of hydrogen-bond acceptors (Lipinski definition) is 0. The maximum Gasteiger partial charge on any atom is 0.417 e. The summed E-state index contributed by atoms with van der Waals surface area (Å²) in [5.74, 6) is 0. The van der Waals surface area contributed by atoms with Crippen LogP contribution in [0.15, 0.2) is 158 Å². The monoisotopic (exact) mass is 608 g/mol. The Balaban J connectivity index is 1.64. The van der Waals surface area contributed by atoms with Crippen LogP contribution in [0.2, 0.25) is 0 Å². The molecule has 0 bridgehead atoms. The highest BCUT2D eigenvalue weighted by molar-refractivity contribution is 5.71. The molecule has 6 aromatic carbocycles. The lowest BCUT2D eigenvalue weighted by Crippen LogP contribution is -2.33. The molecule has 45 heavy (non-hydrogen) atoms. The van der Waals surface area contributed by atoms with Gasteiger partial charge in [0, 0.05) is 0 Å². The largest absolute Gasteiger partial charge is 0.417 e. The van der Waals surface area contributed by atoms with E-state index in [2.05, 4.69) is 0 Å². The van der Waals surface area contributed by atoms with Crippen LogP contribution in [0.4, 0.5) is 26.3 Å². The number of halogens is 6. The van der Waals surface area contributed by atoms with E-state index in [4.69, 9.17) is 0 Å². The van der Waals surface area contributed by atoms with Crippen LogP contribution >= 0.6 is 0 Å². The summed E-state index contributed by atoms with van der Waals surface area (Å²) in [6.45, 7) is 0. The van der Waals surface area contributed by atoms with Gasteiger partial charge < -0.3 is 0 Å². The van der Waals surface area contributed by atoms with Crippen molar-refractivity contribution in [1.82, 2.24) is 0 Å². The van der Waals surface area contributed by atoms with Crippen molar-refractivity contribution in [2.75, 3.05) is 0 Å². The highest BCUT2D eigenvalue weighted by Crippen LogP contribution is 2.50. The topological polar surface area (TPSA) is 0 Å². The third kappa shape index (κ3) is 5.64. The van der Waals surface area contributed by atoms with Gasteiger partial charge in [0.2, 0.25) is 0 Å². The Morgan fingerprint density at radius 3 is 1.20 bits per heavy atom. The van der Waals surface area contributed by atoms with Crippen LogP contribution < -0.4 is 0 Å². The van der Waals surface area contributed by atoms with Gasteiger partial charge in [-0.2, -0.15) is 26.3 Å². The van der Waals surface area contributed by atoms with Crippen molar-refractivity contribution in [3.63, 3.8) is 0 Å². The first kappa shape index (κ1) is 29.9. The number of hydrogen-bond donors (Lipinski definition) is 0. The second-order valence-corrected chi connectivity index (χ2v) is 10.7. The van der Waals surface area contributed by atoms with Crippen molar-refractivity contribution in [3.8, 4) is 22.3 Å². The average Bonchev–Trinajstić information content (AvgIpc) is 3.06. The maximum atomic E-state index is 14.7. The minimum absolute atomic E-state index is 0.00948. The van der Waals surface area contributed by atoms with Gasteiger partial charge in [0.15, 0.2) is 0 Å². The van der Waals surface area contributed by atoms with Gasteiger partial charge in [-0.1, -0.05) is 146 Å². The summed E-state index contributed by atoms with van der Waals surface area (Å²) in [4.78, 5) is 0. The average molecular weight is 609 g/mol. The van der Waals surface area contributed by atoms with Gasteiger partial charge in [-0.15, -0.1) is 0 Å². The van der Waals surface area contributed by atoms with Crippen LogP contribution in [0.5, 0.6) is 0 Å². The van der Waals surface area contributed by atoms with Crippen molar-refractivity contribution in [2.24, 2.45) is 0 Å². The van der Waals surface area contributed by atoms with Gasteiger partial charge in [0.25, 0.3) is 0 Å². The van der Waals surface area contributed by atoms with Gasteiger partial charge in [0.1, 0.15) is 0 Å². The zero-order valence-corrected chi connectivity index (χ0v) is 23.8. The van der Waals surface area contributed by atoms with Gasteiger partial charge in [-0.25, -0.2) is 0 Å². The van der Waals surface area contributed by atoms with Crippen molar-refractivity contribution in [1.29, 1.82) is 0 Å². The van der Waals surface area contributed by atoms with Gasteiger partial charge >= 0.3 is 12.4 Å². The number of rotatable bonds is 6. The van der Waals surface area contributed by atoms with E-state index in [9.17, 15) is 26.3 Å². The van der Waals surface area contributed by atoms with E-state index in [0.717, 1.165) is 23.3 Å². The highest BCUT2D eigenvalue weighted by Gasteiger charge is 2.45. The molecule has 0 aromatic heterocycles. The molecule has 224 valence electrons. The molecule has 0 fully saturated rings. The third-order valence-corrected chi connectivity index (χ3v) is 8.13. The number of alkyl halides is 6. The molecule has 0 aliphatic heterocycles. The lowest BCUT2D eigenvalue weighted by Gasteiger charge is -2.38. The predicted molar refractivity (Wildman–Crippen MR) is 166 cm³/mol. The number of benzene rings is 6. The molecule has 6 aromatic rings. The lowest BCUT2D eigenvalue weighted by atomic mass is 9.63. The van der Waals surface area contributed by atoms with Crippen LogP contribution in [-0.2, 0) is 17.8 Å². The van der Waals surface area contributed by atoms with E-state index in [1.54, 1.807) is 60.7 Å². The Hall–Kier alpha value is -5.10. The Morgan fingerprint density at radius 1 is 0.289 bits per heavy atom. The Morgan fingerprint density at radius 2 is 0.667 bits per heavy atom. The highest BCUT2D eigenvalue weighted by atomic mass is 19.4. The molecule has 6 rings (SSSR count). The van der Waals surface area contributed by atoms with Crippen LogP contribution in [-0.4, -0.2) is 0 Å². The molecule has 0 spiro atoms. The minimum Gasteiger partial charge on any atom is -0.166 e. The van der Waals surface area contributed by atoms with Gasteiger partial charge in [-0.05, 0) is 56.6 Å². The second kappa shape index (κ2) is 11.8. The molecule has 0 amide bonds.